The first-order chi connectivity index (χ1) is 10.3. The van der Waals surface area contributed by atoms with Gasteiger partial charge in [-0.15, -0.1) is 0 Å². The Morgan fingerprint density at radius 2 is 1.91 bits per heavy atom. The molecule has 0 atom stereocenters. The molecule has 5 nitrogen and oxygen atoms in total. The fraction of sp³-hybridized carbons (Fsp3) is 0.0714. The number of nitro benzene ring substituents is 1. The van der Waals surface area contributed by atoms with Crippen LogP contribution >= 0.6 is 15.9 Å². The number of anilines is 1. The molecule has 0 aliphatic carbocycles. The molecule has 0 N–H and O–H groups in total. The van der Waals surface area contributed by atoms with E-state index in [1.54, 1.807) is 0 Å². The lowest BCUT2D eigenvalue weighted by Crippen LogP contribution is -2.27. The standard InChI is InChI=1S/C14H9BrF2N2O3/c1-18(13-5-2-8(16)6-12(13)17)14(20)10-7-9(19(21)22)3-4-11(10)15/h2-7H,1H3. The average Bonchev–Trinajstić information content (AvgIpc) is 2.46. The Balaban J connectivity index is 2.42. The van der Waals surface area contributed by atoms with E-state index in [1.807, 2.05) is 0 Å². The molecule has 2 rings (SSSR count). The SMILES string of the molecule is CN(C(=O)c1cc([N+](=O)[O-])ccc1Br)c1ccc(F)cc1F. The van der Waals surface area contributed by atoms with Gasteiger partial charge in [0.25, 0.3) is 11.6 Å². The molecule has 2 aromatic carbocycles. The minimum atomic E-state index is -0.905. The van der Waals surface area contributed by atoms with Crippen molar-refractivity contribution < 1.29 is 18.5 Å². The lowest BCUT2D eigenvalue weighted by Gasteiger charge is -2.18. The fourth-order valence-electron chi connectivity index (χ4n) is 1.83. The van der Waals surface area contributed by atoms with Gasteiger partial charge >= 0.3 is 0 Å². The number of amides is 1. The van der Waals surface area contributed by atoms with E-state index in [0.29, 0.717) is 10.5 Å². The number of halogens is 3. The summed E-state index contributed by atoms with van der Waals surface area (Å²) < 4.78 is 27.0. The summed E-state index contributed by atoms with van der Waals surface area (Å²) in [4.78, 5) is 23.5. The highest BCUT2D eigenvalue weighted by Gasteiger charge is 2.21. The second-order valence-corrected chi connectivity index (χ2v) is 5.24. The van der Waals surface area contributed by atoms with Crippen molar-refractivity contribution in [1.82, 2.24) is 0 Å². The molecular formula is C14H9BrF2N2O3. The highest BCUT2D eigenvalue weighted by Crippen LogP contribution is 2.26. The number of carbonyl (C=O) groups excluding carboxylic acids is 1. The van der Waals surface area contributed by atoms with E-state index in [-0.39, 0.29) is 16.9 Å². The van der Waals surface area contributed by atoms with Gasteiger partial charge in [0.2, 0.25) is 0 Å². The van der Waals surface area contributed by atoms with E-state index < -0.39 is 22.5 Å². The Hall–Kier alpha value is -2.35. The largest absolute Gasteiger partial charge is 0.309 e. The monoisotopic (exact) mass is 370 g/mol. The summed E-state index contributed by atoms with van der Waals surface area (Å²) in [6.45, 7) is 0. The summed E-state index contributed by atoms with van der Waals surface area (Å²) in [6, 6.07) is 6.48. The predicted octanol–water partition coefficient (Wildman–Crippen LogP) is 3.91. The summed E-state index contributed by atoms with van der Waals surface area (Å²) in [6.07, 6.45) is 0. The molecule has 8 heteroatoms. The molecule has 0 aliphatic rings. The number of nitrogens with zero attached hydrogens (tertiary/aromatic N) is 2. The zero-order chi connectivity index (χ0) is 16.4. The van der Waals surface area contributed by atoms with Gasteiger partial charge in [-0.2, -0.15) is 0 Å². The third-order valence-corrected chi connectivity index (χ3v) is 3.66. The Morgan fingerprint density at radius 3 is 2.50 bits per heavy atom. The second-order valence-electron chi connectivity index (χ2n) is 4.38. The molecule has 0 bridgehead atoms. The van der Waals surface area contributed by atoms with Gasteiger partial charge in [0.15, 0.2) is 0 Å². The van der Waals surface area contributed by atoms with Crippen LogP contribution in [0.25, 0.3) is 0 Å². The third-order valence-electron chi connectivity index (χ3n) is 2.97. The van der Waals surface area contributed by atoms with Crippen LogP contribution in [0.2, 0.25) is 0 Å². The van der Waals surface area contributed by atoms with Gasteiger partial charge < -0.3 is 4.90 Å². The van der Waals surface area contributed by atoms with Crippen LogP contribution in [0.3, 0.4) is 0 Å². The summed E-state index contributed by atoms with van der Waals surface area (Å²) >= 11 is 3.13. The van der Waals surface area contributed by atoms with Crippen LogP contribution in [-0.4, -0.2) is 17.9 Å². The van der Waals surface area contributed by atoms with Gasteiger partial charge in [-0.1, -0.05) is 0 Å². The van der Waals surface area contributed by atoms with Crippen molar-refractivity contribution in [2.24, 2.45) is 0 Å². The molecule has 22 heavy (non-hydrogen) atoms. The number of hydrogen-bond acceptors (Lipinski definition) is 3. The zero-order valence-electron chi connectivity index (χ0n) is 11.2. The number of rotatable bonds is 3. The quantitative estimate of drug-likeness (QED) is 0.607. The Kier molecular flexibility index (Phi) is 4.51. The second kappa shape index (κ2) is 6.18. The van der Waals surface area contributed by atoms with Crippen molar-refractivity contribution >= 4 is 33.2 Å². The van der Waals surface area contributed by atoms with Crippen molar-refractivity contribution in [2.45, 2.75) is 0 Å². The summed E-state index contributed by atoms with van der Waals surface area (Å²) in [5.74, 6) is -2.34. The normalized spacial score (nSPS) is 10.4. The van der Waals surface area contributed by atoms with Crippen molar-refractivity contribution in [3.05, 3.63) is 68.2 Å². The molecule has 0 aliphatic heterocycles. The first-order valence-electron chi connectivity index (χ1n) is 5.98. The summed E-state index contributed by atoms with van der Waals surface area (Å²) in [5.41, 5.74) is -0.398. The van der Waals surface area contributed by atoms with Crippen LogP contribution < -0.4 is 4.90 Å². The van der Waals surface area contributed by atoms with Crippen LogP contribution in [0, 0.1) is 21.7 Å². The van der Waals surface area contributed by atoms with Gasteiger partial charge in [-0.05, 0) is 34.1 Å². The molecule has 0 heterocycles. The minimum absolute atomic E-state index is 0.000394. The minimum Gasteiger partial charge on any atom is -0.309 e. The topological polar surface area (TPSA) is 63.5 Å². The number of hydrogen-bond donors (Lipinski definition) is 0. The summed E-state index contributed by atoms with van der Waals surface area (Å²) in [7, 11) is 1.30. The molecule has 0 fully saturated rings. The van der Waals surface area contributed by atoms with E-state index >= 15 is 0 Å². The molecular weight excluding hydrogens is 362 g/mol. The number of carbonyl (C=O) groups is 1. The van der Waals surface area contributed by atoms with E-state index in [2.05, 4.69) is 15.9 Å². The highest BCUT2D eigenvalue weighted by molar-refractivity contribution is 9.10. The van der Waals surface area contributed by atoms with Crippen LogP contribution in [0.15, 0.2) is 40.9 Å². The van der Waals surface area contributed by atoms with E-state index in [9.17, 15) is 23.7 Å². The maximum Gasteiger partial charge on any atom is 0.270 e. The molecule has 0 spiro atoms. The Labute approximate surface area is 132 Å². The molecule has 0 unspecified atom stereocenters. The van der Waals surface area contributed by atoms with E-state index in [0.717, 1.165) is 23.1 Å². The molecule has 0 saturated heterocycles. The average molecular weight is 371 g/mol. The van der Waals surface area contributed by atoms with Gasteiger partial charge in [-0.3, -0.25) is 14.9 Å². The van der Waals surface area contributed by atoms with E-state index in [1.165, 1.54) is 19.2 Å². The first-order valence-corrected chi connectivity index (χ1v) is 6.77. The van der Waals surface area contributed by atoms with Crippen molar-refractivity contribution in [3.63, 3.8) is 0 Å². The Bertz CT molecular complexity index is 768. The lowest BCUT2D eigenvalue weighted by molar-refractivity contribution is -0.384. The van der Waals surface area contributed by atoms with Crippen LogP contribution in [0.4, 0.5) is 20.2 Å². The van der Waals surface area contributed by atoms with Crippen molar-refractivity contribution in [3.8, 4) is 0 Å². The predicted molar refractivity (Wildman–Crippen MR) is 79.9 cm³/mol. The number of nitro groups is 1. The van der Waals surface area contributed by atoms with Gasteiger partial charge in [0.1, 0.15) is 11.6 Å². The van der Waals surface area contributed by atoms with Gasteiger partial charge in [-0.25, -0.2) is 8.78 Å². The molecule has 1 amide bonds. The van der Waals surface area contributed by atoms with Crippen LogP contribution in [-0.2, 0) is 0 Å². The molecule has 0 saturated carbocycles. The van der Waals surface area contributed by atoms with Crippen molar-refractivity contribution in [1.29, 1.82) is 0 Å². The summed E-state index contributed by atoms with van der Waals surface area (Å²) in [5, 5.41) is 10.8. The number of benzene rings is 2. The lowest BCUT2D eigenvalue weighted by atomic mass is 10.1. The number of non-ortho nitro benzene ring substituents is 1. The Morgan fingerprint density at radius 1 is 1.23 bits per heavy atom. The van der Waals surface area contributed by atoms with E-state index in [4.69, 9.17) is 0 Å². The van der Waals surface area contributed by atoms with Crippen molar-refractivity contribution in [2.75, 3.05) is 11.9 Å². The first kappa shape index (κ1) is 16.0. The molecule has 0 radical (unpaired) electrons. The maximum atomic E-state index is 13.7. The molecule has 114 valence electrons. The molecule has 2 aromatic rings. The maximum absolute atomic E-state index is 13.7. The smallest absolute Gasteiger partial charge is 0.270 e. The fourth-order valence-corrected chi connectivity index (χ4v) is 2.25. The molecule has 0 aromatic heterocycles. The third kappa shape index (κ3) is 3.11. The van der Waals surface area contributed by atoms with Gasteiger partial charge in [0.05, 0.1) is 16.2 Å². The van der Waals surface area contributed by atoms with Crippen LogP contribution in [0.1, 0.15) is 10.4 Å². The zero-order valence-corrected chi connectivity index (χ0v) is 12.8. The van der Waals surface area contributed by atoms with Gasteiger partial charge in [0, 0.05) is 29.7 Å². The van der Waals surface area contributed by atoms with Crippen LogP contribution in [0.5, 0.6) is 0 Å². The highest BCUT2D eigenvalue weighted by atomic mass is 79.9.